The Hall–Kier alpha value is -2.40. The Morgan fingerprint density at radius 2 is 1.78 bits per heavy atom. The third kappa shape index (κ3) is 5.54. The molecule has 1 aliphatic rings. The summed E-state index contributed by atoms with van der Waals surface area (Å²) in [7, 11) is 0. The molecule has 1 saturated heterocycles. The third-order valence-corrected chi connectivity index (χ3v) is 4.82. The number of rotatable bonds is 5. The SMILES string of the molecule is Cc1cc(C)cc(OCCNC(=O)N2CCN(c3cccc(Cl)c3)CC2)c1. The largest absolute Gasteiger partial charge is 0.492 e. The van der Waals surface area contributed by atoms with Gasteiger partial charge in [-0.1, -0.05) is 23.7 Å². The second-order valence-electron chi connectivity index (χ2n) is 6.86. The van der Waals surface area contributed by atoms with Crippen LogP contribution in [-0.2, 0) is 0 Å². The summed E-state index contributed by atoms with van der Waals surface area (Å²) in [5.41, 5.74) is 3.45. The van der Waals surface area contributed by atoms with Crippen molar-refractivity contribution < 1.29 is 9.53 Å². The van der Waals surface area contributed by atoms with Crippen LogP contribution in [-0.4, -0.2) is 50.3 Å². The van der Waals surface area contributed by atoms with Gasteiger partial charge in [0.05, 0.1) is 6.54 Å². The summed E-state index contributed by atoms with van der Waals surface area (Å²) in [5, 5.41) is 3.67. The van der Waals surface area contributed by atoms with Gasteiger partial charge in [-0.15, -0.1) is 0 Å². The van der Waals surface area contributed by atoms with E-state index in [1.54, 1.807) is 0 Å². The number of carbonyl (C=O) groups excluding carboxylic acids is 1. The molecule has 1 aliphatic heterocycles. The molecule has 0 atom stereocenters. The van der Waals surface area contributed by atoms with Gasteiger partial charge in [0, 0.05) is 36.9 Å². The number of ether oxygens (including phenoxy) is 1. The predicted molar refractivity (Wildman–Crippen MR) is 110 cm³/mol. The molecule has 0 spiro atoms. The highest BCUT2D eigenvalue weighted by Gasteiger charge is 2.21. The maximum Gasteiger partial charge on any atom is 0.317 e. The van der Waals surface area contributed by atoms with Crippen molar-refractivity contribution in [1.29, 1.82) is 0 Å². The molecule has 2 amide bonds. The Morgan fingerprint density at radius 1 is 1.07 bits per heavy atom. The molecule has 3 rings (SSSR count). The molecule has 2 aromatic carbocycles. The zero-order chi connectivity index (χ0) is 19.2. The molecule has 0 aliphatic carbocycles. The van der Waals surface area contributed by atoms with E-state index in [1.165, 1.54) is 11.1 Å². The number of hydrogen-bond acceptors (Lipinski definition) is 3. The van der Waals surface area contributed by atoms with Crippen molar-refractivity contribution >= 4 is 23.3 Å². The van der Waals surface area contributed by atoms with Gasteiger partial charge in [-0.3, -0.25) is 0 Å². The van der Waals surface area contributed by atoms with Gasteiger partial charge in [0.25, 0.3) is 0 Å². The number of nitrogens with one attached hydrogen (secondary N) is 1. The number of benzene rings is 2. The molecule has 0 bridgehead atoms. The lowest BCUT2D eigenvalue weighted by Crippen LogP contribution is -2.52. The van der Waals surface area contributed by atoms with Gasteiger partial charge < -0.3 is 19.9 Å². The zero-order valence-electron chi connectivity index (χ0n) is 15.9. The molecular formula is C21H26ClN3O2. The van der Waals surface area contributed by atoms with E-state index < -0.39 is 0 Å². The van der Waals surface area contributed by atoms with Crippen LogP contribution in [0, 0.1) is 13.8 Å². The number of amides is 2. The Morgan fingerprint density at radius 3 is 2.44 bits per heavy atom. The van der Waals surface area contributed by atoms with E-state index in [9.17, 15) is 4.79 Å². The van der Waals surface area contributed by atoms with Crippen molar-refractivity contribution in [2.75, 3.05) is 44.2 Å². The van der Waals surface area contributed by atoms with Crippen LogP contribution in [0.2, 0.25) is 5.02 Å². The topological polar surface area (TPSA) is 44.8 Å². The molecule has 1 N–H and O–H groups in total. The monoisotopic (exact) mass is 387 g/mol. The number of nitrogens with zero attached hydrogens (tertiary/aromatic N) is 2. The molecule has 1 heterocycles. The Balaban J connectivity index is 1.39. The minimum Gasteiger partial charge on any atom is -0.492 e. The summed E-state index contributed by atoms with van der Waals surface area (Å²) in [6.45, 7) is 8.01. The van der Waals surface area contributed by atoms with Crippen LogP contribution in [0.25, 0.3) is 0 Å². The van der Waals surface area contributed by atoms with Gasteiger partial charge in [-0.05, 0) is 55.3 Å². The summed E-state index contributed by atoms with van der Waals surface area (Å²) in [6.07, 6.45) is 0. The molecule has 5 nitrogen and oxygen atoms in total. The number of hydrogen-bond donors (Lipinski definition) is 1. The van der Waals surface area contributed by atoms with E-state index in [4.69, 9.17) is 16.3 Å². The average Bonchev–Trinajstić information content (AvgIpc) is 2.64. The zero-order valence-corrected chi connectivity index (χ0v) is 16.6. The Kier molecular flexibility index (Phi) is 6.45. The second-order valence-corrected chi connectivity index (χ2v) is 7.29. The Labute approximate surface area is 165 Å². The molecule has 0 radical (unpaired) electrons. The Bertz CT molecular complexity index is 768. The van der Waals surface area contributed by atoms with Gasteiger partial charge in [0.2, 0.25) is 0 Å². The maximum atomic E-state index is 12.3. The molecular weight excluding hydrogens is 362 g/mol. The van der Waals surface area contributed by atoms with Gasteiger partial charge in [-0.2, -0.15) is 0 Å². The van der Waals surface area contributed by atoms with Crippen LogP contribution in [0.15, 0.2) is 42.5 Å². The minimum atomic E-state index is -0.0373. The molecule has 1 fully saturated rings. The maximum absolute atomic E-state index is 12.3. The van der Waals surface area contributed by atoms with Crippen molar-refractivity contribution in [3.8, 4) is 5.75 Å². The molecule has 27 heavy (non-hydrogen) atoms. The lowest BCUT2D eigenvalue weighted by Gasteiger charge is -2.36. The normalized spacial score (nSPS) is 14.2. The summed E-state index contributed by atoms with van der Waals surface area (Å²) in [6, 6.07) is 13.9. The van der Waals surface area contributed by atoms with Crippen molar-refractivity contribution in [2.24, 2.45) is 0 Å². The van der Waals surface area contributed by atoms with Crippen LogP contribution in [0.5, 0.6) is 5.75 Å². The summed E-state index contributed by atoms with van der Waals surface area (Å²) in [5.74, 6) is 0.844. The first kappa shape index (κ1) is 19.4. The number of aryl methyl sites for hydroxylation is 2. The smallest absolute Gasteiger partial charge is 0.317 e. The number of piperazine rings is 1. The number of anilines is 1. The van der Waals surface area contributed by atoms with Gasteiger partial charge >= 0.3 is 6.03 Å². The van der Waals surface area contributed by atoms with E-state index >= 15 is 0 Å². The van der Waals surface area contributed by atoms with Crippen LogP contribution in [0.3, 0.4) is 0 Å². The van der Waals surface area contributed by atoms with Crippen molar-refractivity contribution in [2.45, 2.75) is 13.8 Å². The fraction of sp³-hybridized carbons (Fsp3) is 0.381. The molecule has 6 heteroatoms. The highest BCUT2D eigenvalue weighted by atomic mass is 35.5. The number of halogens is 1. The summed E-state index contributed by atoms with van der Waals surface area (Å²) >= 11 is 6.06. The van der Waals surface area contributed by atoms with Crippen LogP contribution in [0.4, 0.5) is 10.5 Å². The van der Waals surface area contributed by atoms with E-state index in [1.807, 2.05) is 55.1 Å². The standard InChI is InChI=1S/C21H26ClN3O2/c1-16-12-17(2)14-20(13-16)27-11-6-23-21(26)25-9-7-24(8-10-25)19-5-3-4-18(22)15-19/h3-5,12-15H,6-11H2,1-2H3,(H,23,26). The van der Waals surface area contributed by atoms with E-state index in [-0.39, 0.29) is 6.03 Å². The predicted octanol–water partition coefficient (Wildman–Crippen LogP) is 3.87. The second kappa shape index (κ2) is 9.00. The molecule has 0 saturated carbocycles. The van der Waals surface area contributed by atoms with E-state index in [0.29, 0.717) is 26.2 Å². The summed E-state index contributed by atoms with van der Waals surface area (Å²) in [4.78, 5) is 16.4. The molecule has 2 aromatic rings. The highest BCUT2D eigenvalue weighted by Crippen LogP contribution is 2.20. The fourth-order valence-corrected chi connectivity index (χ4v) is 3.48. The van der Waals surface area contributed by atoms with Gasteiger partial charge in [0.15, 0.2) is 0 Å². The fourth-order valence-electron chi connectivity index (χ4n) is 3.30. The first-order valence-electron chi connectivity index (χ1n) is 9.26. The van der Waals surface area contributed by atoms with Gasteiger partial charge in [0.1, 0.15) is 12.4 Å². The first-order valence-corrected chi connectivity index (χ1v) is 9.63. The van der Waals surface area contributed by atoms with E-state index in [2.05, 4.69) is 16.3 Å². The lowest BCUT2D eigenvalue weighted by molar-refractivity contribution is 0.191. The van der Waals surface area contributed by atoms with Crippen LogP contribution >= 0.6 is 11.6 Å². The van der Waals surface area contributed by atoms with Crippen LogP contribution < -0.4 is 15.0 Å². The van der Waals surface area contributed by atoms with Crippen molar-refractivity contribution in [3.05, 3.63) is 58.6 Å². The molecule has 0 aromatic heterocycles. The number of urea groups is 1. The third-order valence-electron chi connectivity index (χ3n) is 4.58. The highest BCUT2D eigenvalue weighted by molar-refractivity contribution is 6.30. The van der Waals surface area contributed by atoms with Crippen molar-refractivity contribution in [3.63, 3.8) is 0 Å². The average molecular weight is 388 g/mol. The molecule has 144 valence electrons. The quantitative estimate of drug-likeness (QED) is 0.792. The van der Waals surface area contributed by atoms with E-state index in [0.717, 1.165) is 29.5 Å². The first-order chi connectivity index (χ1) is 13.0. The lowest BCUT2D eigenvalue weighted by atomic mass is 10.1. The number of carbonyl (C=O) groups is 1. The summed E-state index contributed by atoms with van der Waals surface area (Å²) < 4.78 is 5.74. The minimum absolute atomic E-state index is 0.0373. The van der Waals surface area contributed by atoms with Crippen molar-refractivity contribution in [1.82, 2.24) is 10.2 Å². The van der Waals surface area contributed by atoms with Crippen LogP contribution in [0.1, 0.15) is 11.1 Å². The van der Waals surface area contributed by atoms with Gasteiger partial charge in [-0.25, -0.2) is 4.79 Å². The molecule has 0 unspecified atom stereocenters.